The third-order valence-electron chi connectivity index (χ3n) is 4.07. The van der Waals surface area contributed by atoms with Crippen LogP contribution in [0.15, 0.2) is 30.3 Å². The van der Waals surface area contributed by atoms with Gasteiger partial charge in [0.25, 0.3) is 0 Å². The van der Waals surface area contributed by atoms with Gasteiger partial charge in [0.2, 0.25) is 0 Å². The fourth-order valence-electron chi connectivity index (χ4n) is 2.94. The van der Waals surface area contributed by atoms with E-state index in [0.717, 1.165) is 30.9 Å². The summed E-state index contributed by atoms with van der Waals surface area (Å²) in [6, 6.07) is 10.8. The molecule has 1 fully saturated rings. The summed E-state index contributed by atoms with van der Waals surface area (Å²) >= 11 is 0. The largest absolute Gasteiger partial charge is 0.375 e. The first-order valence-electron chi connectivity index (χ1n) is 7.66. The molecule has 2 aromatic rings. The zero-order chi connectivity index (χ0) is 14.8. The smallest absolute Gasteiger partial charge is 0.132 e. The van der Waals surface area contributed by atoms with Gasteiger partial charge in [-0.25, -0.2) is 4.98 Å². The number of hydrogen-bond acceptors (Lipinski definition) is 4. The van der Waals surface area contributed by atoms with Gasteiger partial charge < -0.3 is 15.4 Å². The summed E-state index contributed by atoms with van der Waals surface area (Å²) in [7, 11) is 0. The zero-order valence-electron chi connectivity index (χ0n) is 12.7. The molecule has 4 heteroatoms. The molecule has 0 saturated carbocycles. The first-order valence-corrected chi connectivity index (χ1v) is 7.66. The highest BCUT2D eigenvalue weighted by molar-refractivity contribution is 5.82. The quantitative estimate of drug-likeness (QED) is 0.940. The highest BCUT2D eigenvalue weighted by Crippen LogP contribution is 2.27. The molecule has 0 radical (unpaired) electrons. The van der Waals surface area contributed by atoms with E-state index in [-0.39, 0.29) is 6.10 Å². The first-order chi connectivity index (χ1) is 10.2. The number of anilines is 1. The third-order valence-corrected chi connectivity index (χ3v) is 4.07. The maximum absolute atomic E-state index is 5.79. The Labute approximate surface area is 125 Å². The van der Waals surface area contributed by atoms with Crippen LogP contribution < -0.4 is 10.6 Å². The maximum Gasteiger partial charge on any atom is 0.132 e. The number of benzene rings is 1. The van der Waals surface area contributed by atoms with Crippen LogP contribution in [0.2, 0.25) is 0 Å². The second-order valence-electron chi connectivity index (χ2n) is 5.85. The third kappa shape index (κ3) is 2.87. The van der Waals surface area contributed by atoms with Crippen molar-refractivity contribution in [3.8, 4) is 0 Å². The summed E-state index contributed by atoms with van der Waals surface area (Å²) in [5.41, 5.74) is 8.07. The molecule has 0 aliphatic carbocycles. The van der Waals surface area contributed by atoms with Crippen LogP contribution in [0.1, 0.15) is 19.4 Å². The molecule has 1 saturated heterocycles. The molecule has 21 heavy (non-hydrogen) atoms. The van der Waals surface area contributed by atoms with E-state index in [4.69, 9.17) is 15.5 Å². The molecule has 112 valence electrons. The van der Waals surface area contributed by atoms with Crippen molar-refractivity contribution in [2.45, 2.75) is 32.4 Å². The molecular formula is C17H23N3O. The Kier molecular flexibility index (Phi) is 4.08. The van der Waals surface area contributed by atoms with Crippen molar-refractivity contribution in [1.29, 1.82) is 0 Å². The molecule has 1 aliphatic rings. The molecule has 3 rings (SSSR count). The van der Waals surface area contributed by atoms with Gasteiger partial charge in [-0.15, -0.1) is 0 Å². The Morgan fingerprint density at radius 2 is 2.14 bits per heavy atom. The maximum atomic E-state index is 5.79. The van der Waals surface area contributed by atoms with Crippen molar-refractivity contribution in [2.75, 3.05) is 24.6 Å². The Morgan fingerprint density at radius 1 is 1.33 bits per heavy atom. The summed E-state index contributed by atoms with van der Waals surface area (Å²) in [5.74, 6) is 1.07. The Hall–Kier alpha value is -1.65. The van der Waals surface area contributed by atoms with Crippen molar-refractivity contribution in [2.24, 2.45) is 5.73 Å². The minimum absolute atomic E-state index is 0.236. The van der Waals surface area contributed by atoms with Gasteiger partial charge in [-0.05, 0) is 44.5 Å². The number of aromatic nitrogens is 1. The van der Waals surface area contributed by atoms with E-state index in [1.165, 1.54) is 10.9 Å². The predicted octanol–water partition coefficient (Wildman–Crippen LogP) is 2.35. The first kappa shape index (κ1) is 14.3. The van der Waals surface area contributed by atoms with Gasteiger partial charge in [0.1, 0.15) is 5.82 Å². The van der Waals surface area contributed by atoms with Gasteiger partial charge in [0.05, 0.1) is 24.3 Å². The number of rotatable bonds is 3. The number of morpholine rings is 1. The Morgan fingerprint density at radius 3 is 2.95 bits per heavy atom. The molecule has 1 aromatic heterocycles. The minimum atomic E-state index is 0.236. The van der Waals surface area contributed by atoms with Crippen molar-refractivity contribution < 1.29 is 4.74 Å². The van der Waals surface area contributed by atoms with Gasteiger partial charge >= 0.3 is 0 Å². The lowest BCUT2D eigenvalue weighted by Gasteiger charge is -2.38. The molecule has 1 aliphatic heterocycles. The summed E-state index contributed by atoms with van der Waals surface area (Å²) in [4.78, 5) is 7.28. The fourth-order valence-corrected chi connectivity index (χ4v) is 2.94. The lowest BCUT2D eigenvalue weighted by Crippen LogP contribution is -2.48. The van der Waals surface area contributed by atoms with Gasteiger partial charge in [-0.1, -0.05) is 18.2 Å². The van der Waals surface area contributed by atoms with E-state index in [0.29, 0.717) is 12.6 Å². The molecule has 0 bridgehead atoms. The summed E-state index contributed by atoms with van der Waals surface area (Å²) in [6.07, 6.45) is 1.09. The summed E-state index contributed by atoms with van der Waals surface area (Å²) in [5, 5.41) is 1.18. The predicted molar refractivity (Wildman–Crippen MR) is 86.7 cm³/mol. The second kappa shape index (κ2) is 6.00. The summed E-state index contributed by atoms with van der Waals surface area (Å²) in [6.45, 7) is 6.57. The molecule has 2 atom stereocenters. The number of pyridine rings is 1. The van der Waals surface area contributed by atoms with Crippen LogP contribution in [0.25, 0.3) is 10.9 Å². The van der Waals surface area contributed by atoms with Crippen LogP contribution in [-0.2, 0) is 11.2 Å². The average molecular weight is 285 g/mol. The lowest BCUT2D eigenvalue weighted by atomic mass is 10.1. The number of nitrogens with two attached hydrogens (primary N) is 1. The molecular weight excluding hydrogens is 262 g/mol. The van der Waals surface area contributed by atoms with Crippen molar-refractivity contribution in [3.05, 3.63) is 35.9 Å². The summed E-state index contributed by atoms with van der Waals surface area (Å²) < 4.78 is 5.73. The number of nitrogens with zero attached hydrogens (tertiary/aromatic N) is 2. The zero-order valence-corrected chi connectivity index (χ0v) is 12.7. The molecule has 0 amide bonds. The molecule has 0 spiro atoms. The average Bonchev–Trinajstić information content (AvgIpc) is 2.49. The van der Waals surface area contributed by atoms with E-state index in [9.17, 15) is 0 Å². The van der Waals surface area contributed by atoms with E-state index in [1.807, 2.05) is 6.07 Å². The number of para-hydroxylation sites is 1. The normalized spacial score (nSPS) is 22.7. The SMILES string of the molecule is CC1CN(c2nc3ccccc3cc2CCN)C(C)CO1. The molecule has 2 unspecified atom stereocenters. The fraction of sp³-hybridized carbons (Fsp3) is 0.471. The van der Waals surface area contributed by atoms with Crippen LogP contribution in [0.3, 0.4) is 0 Å². The number of fused-ring (bicyclic) bond motifs is 1. The standard InChI is InChI=1S/C17H23N3O/c1-12-11-21-13(2)10-20(12)17-15(7-8-18)9-14-5-3-4-6-16(14)19-17/h3-6,9,12-13H,7-8,10-11,18H2,1-2H3. The number of hydrogen-bond donors (Lipinski definition) is 1. The molecule has 1 aromatic carbocycles. The van der Waals surface area contributed by atoms with Crippen LogP contribution in [0.4, 0.5) is 5.82 Å². The second-order valence-corrected chi connectivity index (χ2v) is 5.85. The van der Waals surface area contributed by atoms with Crippen LogP contribution in [0.5, 0.6) is 0 Å². The van der Waals surface area contributed by atoms with Gasteiger partial charge in [-0.2, -0.15) is 0 Å². The highest BCUT2D eigenvalue weighted by Gasteiger charge is 2.26. The topological polar surface area (TPSA) is 51.4 Å². The van der Waals surface area contributed by atoms with Gasteiger partial charge in [0.15, 0.2) is 0 Å². The van der Waals surface area contributed by atoms with E-state index in [2.05, 4.69) is 43.0 Å². The minimum Gasteiger partial charge on any atom is -0.375 e. The Balaban J connectivity index is 2.07. The highest BCUT2D eigenvalue weighted by atomic mass is 16.5. The van der Waals surface area contributed by atoms with E-state index >= 15 is 0 Å². The molecule has 2 N–H and O–H groups in total. The van der Waals surface area contributed by atoms with Gasteiger partial charge in [-0.3, -0.25) is 0 Å². The Bertz CT molecular complexity index is 628. The van der Waals surface area contributed by atoms with Crippen molar-refractivity contribution >= 4 is 16.7 Å². The molecule has 4 nitrogen and oxygen atoms in total. The molecule has 2 heterocycles. The van der Waals surface area contributed by atoms with Gasteiger partial charge in [0, 0.05) is 11.9 Å². The van der Waals surface area contributed by atoms with E-state index < -0.39 is 0 Å². The van der Waals surface area contributed by atoms with Crippen molar-refractivity contribution in [1.82, 2.24) is 4.98 Å². The van der Waals surface area contributed by atoms with E-state index in [1.54, 1.807) is 0 Å². The van der Waals surface area contributed by atoms with Crippen LogP contribution in [-0.4, -0.2) is 36.8 Å². The van der Waals surface area contributed by atoms with Crippen LogP contribution in [0, 0.1) is 0 Å². The monoisotopic (exact) mass is 285 g/mol. The lowest BCUT2D eigenvalue weighted by molar-refractivity contribution is 0.0340. The van der Waals surface area contributed by atoms with Crippen LogP contribution >= 0.6 is 0 Å². The number of ether oxygens (including phenoxy) is 1. The van der Waals surface area contributed by atoms with Crippen molar-refractivity contribution in [3.63, 3.8) is 0 Å².